The summed E-state index contributed by atoms with van der Waals surface area (Å²) in [6.45, 7) is 3.95. The van der Waals surface area contributed by atoms with Gasteiger partial charge in [-0.05, 0) is 25.5 Å². The quantitative estimate of drug-likeness (QED) is 0.704. The minimum Gasteiger partial charge on any atom is -0.506 e. The highest BCUT2D eigenvalue weighted by molar-refractivity contribution is 6.32. The van der Waals surface area contributed by atoms with Gasteiger partial charge in [-0.15, -0.1) is 0 Å². The van der Waals surface area contributed by atoms with E-state index in [0.717, 1.165) is 11.1 Å². The second kappa shape index (κ2) is 5.81. The van der Waals surface area contributed by atoms with Crippen LogP contribution in [0.15, 0.2) is 42.5 Å². The van der Waals surface area contributed by atoms with E-state index in [4.69, 9.17) is 16.3 Å². The average molecular weight is 373 g/mol. The average Bonchev–Trinajstić information content (AvgIpc) is 2.54. The molecule has 6 heteroatoms. The molecule has 1 spiro atoms. The number of carbonyl (C=O) groups excluding carboxylic acids is 1. The van der Waals surface area contributed by atoms with Gasteiger partial charge in [-0.25, -0.2) is 4.79 Å². The molecular weight excluding hydrogens is 352 g/mol. The Bertz CT molecular complexity index is 869. The summed E-state index contributed by atoms with van der Waals surface area (Å²) in [7, 11) is 0. The van der Waals surface area contributed by atoms with Crippen molar-refractivity contribution >= 4 is 17.6 Å². The Kier molecular flexibility index (Phi) is 3.81. The summed E-state index contributed by atoms with van der Waals surface area (Å²) in [5.74, 6) is 0.506. The fourth-order valence-corrected chi connectivity index (χ4v) is 4.30. The lowest BCUT2D eigenvalue weighted by Gasteiger charge is -2.49. The second-order valence-electron chi connectivity index (χ2n) is 7.74. The molecule has 4 rings (SSSR count). The molecule has 2 heterocycles. The first-order chi connectivity index (χ1) is 12.3. The zero-order valence-corrected chi connectivity index (χ0v) is 15.4. The van der Waals surface area contributed by atoms with Gasteiger partial charge in [0.25, 0.3) is 0 Å². The monoisotopic (exact) mass is 372 g/mol. The van der Waals surface area contributed by atoms with Crippen molar-refractivity contribution < 1.29 is 14.6 Å². The lowest BCUT2D eigenvalue weighted by molar-refractivity contribution is -0.0236. The Morgan fingerprint density at radius 2 is 1.92 bits per heavy atom. The minimum absolute atomic E-state index is 0.00718. The van der Waals surface area contributed by atoms with Crippen LogP contribution in [0.25, 0.3) is 0 Å². The van der Waals surface area contributed by atoms with Crippen LogP contribution in [0.3, 0.4) is 0 Å². The van der Waals surface area contributed by atoms with Gasteiger partial charge >= 0.3 is 6.03 Å². The molecule has 0 saturated carbocycles. The van der Waals surface area contributed by atoms with E-state index in [9.17, 15) is 9.90 Å². The number of ether oxygens (including phenoxy) is 1. The van der Waals surface area contributed by atoms with Gasteiger partial charge in [-0.2, -0.15) is 0 Å². The van der Waals surface area contributed by atoms with E-state index in [1.165, 1.54) is 6.07 Å². The van der Waals surface area contributed by atoms with Crippen LogP contribution in [0.1, 0.15) is 43.7 Å². The fourth-order valence-electron chi connectivity index (χ4n) is 4.13. The Morgan fingerprint density at radius 3 is 2.62 bits per heavy atom. The Balaban J connectivity index is 1.84. The third kappa shape index (κ3) is 2.97. The molecule has 1 saturated heterocycles. The maximum absolute atomic E-state index is 12.3. The number of carbonyl (C=O) groups is 1. The highest BCUT2D eigenvalue weighted by Gasteiger charge is 2.49. The summed E-state index contributed by atoms with van der Waals surface area (Å²) in [6.07, 6.45) is 1.18. The van der Waals surface area contributed by atoms with E-state index in [1.807, 2.05) is 32.0 Å². The number of rotatable bonds is 1. The van der Waals surface area contributed by atoms with Crippen molar-refractivity contribution in [1.29, 1.82) is 0 Å². The summed E-state index contributed by atoms with van der Waals surface area (Å²) in [6, 6.07) is 13.1. The first-order valence-corrected chi connectivity index (χ1v) is 9.01. The molecule has 2 atom stereocenters. The van der Waals surface area contributed by atoms with Crippen LogP contribution < -0.4 is 15.4 Å². The minimum atomic E-state index is -0.848. The van der Waals surface area contributed by atoms with Crippen molar-refractivity contribution in [2.75, 3.05) is 0 Å². The van der Waals surface area contributed by atoms with Crippen LogP contribution in [0.5, 0.6) is 11.5 Å². The van der Waals surface area contributed by atoms with E-state index in [2.05, 4.69) is 22.8 Å². The van der Waals surface area contributed by atoms with E-state index in [1.54, 1.807) is 6.07 Å². The number of phenolic OH excluding ortho intramolecular Hbond substituents is 1. The lowest BCUT2D eigenvalue weighted by atomic mass is 9.77. The maximum atomic E-state index is 12.3. The molecule has 1 fully saturated rings. The van der Waals surface area contributed by atoms with Crippen LogP contribution >= 0.6 is 11.6 Å². The number of benzene rings is 2. The smallest absolute Gasteiger partial charge is 0.318 e. The van der Waals surface area contributed by atoms with E-state index in [-0.39, 0.29) is 17.7 Å². The summed E-state index contributed by atoms with van der Waals surface area (Å²) in [5.41, 5.74) is 0.772. The first-order valence-electron chi connectivity index (χ1n) is 8.64. The third-order valence-corrected chi connectivity index (χ3v) is 5.32. The normalized spacial score (nSPS) is 26.4. The number of fused-ring (bicyclic) bond motifs is 1. The molecule has 3 N–H and O–H groups in total. The number of nitrogens with one attached hydrogen (secondary N) is 2. The highest BCUT2D eigenvalue weighted by atomic mass is 35.5. The standard InChI is InChI=1S/C20H21ClN2O3/c1-19(2)11-20(23-18(25)22-19)10-14(12-6-4-3-5-7-12)13-8-15(21)16(24)9-17(13)26-20/h3-9,14,24H,10-11H2,1-2H3,(H2,22,23,25)/t14-,20+/m0/s1. The van der Waals surface area contributed by atoms with Crippen molar-refractivity contribution in [3.8, 4) is 11.5 Å². The molecule has 2 aliphatic heterocycles. The molecular formula is C20H21ClN2O3. The number of phenols is 1. The maximum Gasteiger partial charge on any atom is 0.318 e. The van der Waals surface area contributed by atoms with Crippen LogP contribution in [0, 0.1) is 0 Å². The lowest BCUT2D eigenvalue weighted by Crippen LogP contribution is -2.69. The van der Waals surface area contributed by atoms with Crippen molar-refractivity contribution in [2.24, 2.45) is 0 Å². The van der Waals surface area contributed by atoms with Crippen molar-refractivity contribution in [2.45, 2.75) is 43.9 Å². The molecule has 0 aliphatic carbocycles. The molecule has 0 aromatic heterocycles. The van der Waals surface area contributed by atoms with Crippen molar-refractivity contribution in [3.63, 3.8) is 0 Å². The number of aromatic hydroxyl groups is 1. The Morgan fingerprint density at radius 1 is 1.19 bits per heavy atom. The van der Waals surface area contributed by atoms with Crippen LogP contribution in [0.2, 0.25) is 5.02 Å². The molecule has 5 nitrogen and oxygen atoms in total. The van der Waals surface area contributed by atoms with E-state index < -0.39 is 11.3 Å². The predicted molar refractivity (Wildman–Crippen MR) is 99.7 cm³/mol. The molecule has 2 aromatic carbocycles. The van der Waals surface area contributed by atoms with Crippen LogP contribution in [-0.2, 0) is 0 Å². The fraction of sp³-hybridized carbons (Fsp3) is 0.350. The topological polar surface area (TPSA) is 70.6 Å². The van der Waals surface area contributed by atoms with Gasteiger partial charge in [0.2, 0.25) is 0 Å². The van der Waals surface area contributed by atoms with Gasteiger partial charge < -0.3 is 20.5 Å². The van der Waals surface area contributed by atoms with Gasteiger partial charge in [-0.3, -0.25) is 0 Å². The molecule has 2 amide bonds. The van der Waals surface area contributed by atoms with Gasteiger partial charge in [-0.1, -0.05) is 41.9 Å². The number of urea groups is 1. The molecule has 0 radical (unpaired) electrons. The van der Waals surface area contributed by atoms with E-state index in [0.29, 0.717) is 23.6 Å². The van der Waals surface area contributed by atoms with E-state index >= 15 is 0 Å². The predicted octanol–water partition coefficient (Wildman–Crippen LogP) is 4.14. The summed E-state index contributed by atoms with van der Waals surface area (Å²) in [5, 5.41) is 16.3. The van der Waals surface area contributed by atoms with Gasteiger partial charge in [0.05, 0.1) is 5.02 Å². The molecule has 2 aromatic rings. The van der Waals surface area contributed by atoms with Gasteiger partial charge in [0.1, 0.15) is 11.5 Å². The van der Waals surface area contributed by atoms with Gasteiger partial charge in [0, 0.05) is 35.9 Å². The number of hydrogen-bond acceptors (Lipinski definition) is 3. The number of amides is 2. The molecule has 26 heavy (non-hydrogen) atoms. The molecule has 136 valence electrons. The SMILES string of the molecule is CC1(C)C[C@]2(C[C@@H](c3ccccc3)c3cc(Cl)c(O)cc3O2)NC(=O)N1. The van der Waals surface area contributed by atoms with Crippen LogP contribution in [0.4, 0.5) is 4.79 Å². The van der Waals surface area contributed by atoms with Crippen molar-refractivity contribution in [1.82, 2.24) is 10.6 Å². The largest absolute Gasteiger partial charge is 0.506 e. The summed E-state index contributed by atoms with van der Waals surface area (Å²) < 4.78 is 6.26. The van der Waals surface area contributed by atoms with Gasteiger partial charge in [0.15, 0.2) is 5.72 Å². The Hall–Kier alpha value is -2.40. The number of hydrogen-bond donors (Lipinski definition) is 3. The summed E-state index contributed by atoms with van der Waals surface area (Å²) >= 11 is 6.16. The second-order valence-corrected chi connectivity index (χ2v) is 8.15. The Labute approximate surface area is 157 Å². The zero-order chi connectivity index (χ0) is 18.5. The first kappa shape index (κ1) is 17.0. The molecule has 0 unspecified atom stereocenters. The molecule has 0 bridgehead atoms. The zero-order valence-electron chi connectivity index (χ0n) is 14.7. The van der Waals surface area contributed by atoms with Crippen LogP contribution in [-0.4, -0.2) is 22.4 Å². The summed E-state index contributed by atoms with van der Waals surface area (Å²) in [4.78, 5) is 12.3. The molecule has 2 aliphatic rings. The van der Waals surface area contributed by atoms with Crippen molar-refractivity contribution in [3.05, 3.63) is 58.6 Å². The highest BCUT2D eigenvalue weighted by Crippen LogP contribution is 2.49. The third-order valence-electron chi connectivity index (χ3n) is 5.02. The number of halogens is 1.